The summed E-state index contributed by atoms with van der Waals surface area (Å²) >= 11 is 2.40. The fraction of sp³-hybridized carbons (Fsp3) is 0.238. The fourth-order valence-electron chi connectivity index (χ4n) is 2.99. The second kappa shape index (κ2) is 9.09. The van der Waals surface area contributed by atoms with E-state index >= 15 is 0 Å². The van der Waals surface area contributed by atoms with Crippen LogP contribution in [0.5, 0.6) is 0 Å². The van der Waals surface area contributed by atoms with Crippen LogP contribution in [0.25, 0.3) is 0 Å². The molecule has 0 bridgehead atoms. The lowest BCUT2D eigenvalue weighted by Gasteiger charge is -2.13. The molecule has 0 radical (unpaired) electrons. The van der Waals surface area contributed by atoms with Crippen LogP contribution in [-0.2, 0) is 19.3 Å². The summed E-state index contributed by atoms with van der Waals surface area (Å²) in [7, 11) is 0. The van der Waals surface area contributed by atoms with E-state index in [1.165, 1.54) is 22.8 Å². The fourth-order valence-corrected chi connectivity index (χ4v) is 4.31. The Morgan fingerprint density at radius 1 is 1.13 bits per heavy atom. The number of carbonyl (C=O) groups excluding carboxylic acids is 1. The van der Waals surface area contributed by atoms with Gasteiger partial charge in [-0.3, -0.25) is 14.2 Å². The lowest BCUT2D eigenvalue weighted by Crippen LogP contribution is -2.24. The monoisotopic (exact) mass is 452 g/mol. The SMILES string of the molecule is CSc1ccc(Cn2c(C)c(C(=O)NCc3ccccc3C(F)(F)F)sc2=O)cc1. The van der Waals surface area contributed by atoms with Crippen LogP contribution in [0.4, 0.5) is 13.2 Å². The number of thioether (sulfide) groups is 1. The third-order valence-corrected chi connectivity index (χ3v) is 6.43. The van der Waals surface area contributed by atoms with Crippen LogP contribution in [0.3, 0.4) is 0 Å². The largest absolute Gasteiger partial charge is 0.416 e. The molecule has 0 saturated heterocycles. The Labute approximate surface area is 179 Å². The summed E-state index contributed by atoms with van der Waals surface area (Å²) in [6.45, 7) is 1.70. The molecule has 0 aliphatic rings. The first-order valence-electron chi connectivity index (χ1n) is 8.97. The zero-order chi connectivity index (χ0) is 21.9. The van der Waals surface area contributed by atoms with Gasteiger partial charge in [-0.2, -0.15) is 13.2 Å². The summed E-state index contributed by atoms with van der Waals surface area (Å²) in [6, 6.07) is 12.8. The molecule has 0 aliphatic heterocycles. The van der Waals surface area contributed by atoms with Gasteiger partial charge in [0.15, 0.2) is 0 Å². The number of hydrogen-bond acceptors (Lipinski definition) is 4. The number of nitrogens with one attached hydrogen (secondary N) is 1. The molecule has 0 atom stereocenters. The summed E-state index contributed by atoms with van der Waals surface area (Å²) in [4.78, 5) is 26.0. The Morgan fingerprint density at radius 3 is 2.43 bits per heavy atom. The van der Waals surface area contributed by atoms with Crippen molar-refractivity contribution in [3.05, 3.63) is 85.5 Å². The first-order chi connectivity index (χ1) is 14.2. The molecule has 1 heterocycles. The van der Waals surface area contributed by atoms with Crippen molar-refractivity contribution in [1.82, 2.24) is 9.88 Å². The van der Waals surface area contributed by atoms with Crippen molar-refractivity contribution < 1.29 is 18.0 Å². The van der Waals surface area contributed by atoms with E-state index in [0.29, 0.717) is 12.2 Å². The van der Waals surface area contributed by atoms with Gasteiger partial charge in [0.1, 0.15) is 4.88 Å². The van der Waals surface area contributed by atoms with E-state index in [0.717, 1.165) is 27.9 Å². The van der Waals surface area contributed by atoms with Crippen molar-refractivity contribution in [3.8, 4) is 0 Å². The van der Waals surface area contributed by atoms with E-state index in [-0.39, 0.29) is 21.9 Å². The number of nitrogens with zero attached hydrogens (tertiary/aromatic N) is 1. The van der Waals surface area contributed by atoms with Gasteiger partial charge >= 0.3 is 11.0 Å². The molecule has 0 saturated carbocycles. The molecule has 1 amide bonds. The molecule has 0 fully saturated rings. The minimum absolute atomic E-state index is 0.0309. The Bertz CT molecular complexity index is 1100. The molecule has 1 N–H and O–H groups in total. The van der Waals surface area contributed by atoms with E-state index in [1.807, 2.05) is 30.5 Å². The summed E-state index contributed by atoms with van der Waals surface area (Å²) in [5.41, 5.74) is 0.584. The highest BCUT2D eigenvalue weighted by Gasteiger charge is 2.33. The highest BCUT2D eigenvalue weighted by Crippen LogP contribution is 2.31. The molecule has 1 aromatic heterocycles. The van der Waals surface area contributed by atoms with Crippen molar-refractivity contribution in [1.29, 1.82) is 0 Å². The van der Waals surface area contributed by atoms with Crippen molar-refractivity contribution >= 4 is 29.0 Å². The van der Waals surface area contributed by atoms with Gasteiger partial charge in [-0.05, 0) is 42.5 Å². The lowest BCUT2D eigenvalue weighted by atomic mass is 10.1. The number of benzene rings is 2. The van der Waals surface area contributed by atoms with E-state index in [2.05, 4.69) is 5.32 Å². The third kappa shape index (κ3) is 4.96. The molecule has 30 heavy (non-hydrogen) atoms. The van der Waals surface area contributed by atoms with E-state index in [4.69, 9.17) is 0 Å². The number of rotatable bonds is 6. The Balaban J connectivity index is 1.76. The Kier molecular flexibility index (Phi) is 6.72. The first-order valence-corrected chi connectivity index (χ1v) is 11.0. The second-order valence-electron chi connectivity index (χ2n) is 6.55. The predicted octanol–water partition coefficient (Wildman–Crippen LogP) is 4.94. The van der Waals surface area contributed by atoms with Gasteiger partial charge in [0.25, 0.3) is 5.91 Å². The quantitative estimate of drug-likeness (QED) is 0.539. The molecule has 158 valence electrons. The molecular formula is C21H19F3N2O2S2. The maximum absolute atomic E-state index is 13.1. The van der Waals surface area contributed by atoms with Gasteiger partial charge < -0.3 is 5.32 Å². The molecule has 0 aliphatic carbocycles. The van der Waals surface area contributed by atoms with Gasteiger partial charge in [-0.1, -0.05) is 41.7 Å². The molecular weight excluding hydrogens is 433 g/mol. The van der Waals surface area contributed by atoms with Gasteiger partial charge in [0, 0.05) is 17.1 Å². The smallest absolute Gasteiger partial charge is 0.347 e. The molecule has 3 aromatic rings. The van der Waals surface area contributed by atoms with Crippen molar-refractivity contribution in [2.24, 2.45) is 0 Å². The number of thiazole rings is 1. The second-order valence-corrected chi connectivity index (χ2v) is 8.40. The summed E-state index contributed by atoms with van der Waals surface area (Å²) in [6.07, 6.45) is -2.53. The minimum Gasteiger partial charge on any atom is -0.347 e. The van der Waals surface area contributed by atoms with Gasteiger partial charge in [-0.15, -0.1) is 11.8 Å². The Hall–Kier alpha value is -2.52. The zero-order valence-electron chi connectivity index (χ0n) is 16.2. The molecule has 0 unspecified atom stereocenters. The van der Waals surface area contributed by atoms with Crippen LogP contribution >= 0.6 is 23.1 Å². The average molecular weight is 453 g/mol. The molecule has 4 nitrogen and oxygen atoms in total. The van der Waals surface area contributed by atoms with Gasteiger partial charge in [0.2, 0.25) is 0 Å². The van der Waals surface area contributed by atoms with Crippen LogP contribution in [0.1, 0.15) is 32.1 Å². The summed E-state index contributed by atoms with van der Waals surface area (Å²) < 4.78 is 40.8. The number of amides is 1. The number of aromatic nitrogens is 1. The number of halogens is 3. The zero-order valence-corrected chi connectivity index (χ0v) is 17.9. The summed E-state index contributed by atoms with van der Waals surface area (Å²) in [5.74, 6) is -0.567. The van der Waals surface area contributed by atoms with Crippen molar-refractivity contribution in [2.45, 2.75) is 31.1 Å². The van der Waals surface area contributed by atoms with Crippen LogP contribution in [0, 0.1) is 6.92 Å². The van der Waals surface area contributed by atoms with Crippen LogP contribution in [0.2, 0.25) is 0 Å². The number of carbonyl (C=O) groups is 1. The maximum atomic E-state index is 13.1. The third-order valence-electron chi connectivity index (χ3n) is 4.61. The predicted molar refractivity (Wildman–Crippen MR) is 113 cm³/mol. The molecule has 3 rings (SSSR count). The maximum Gasteiger partial charge on any atom is 0.416 e. The number of hydrogen-bond donors (Lipinski definition) is 1. The standard InChI is InChI=1S/C21H19F3N2O2S2/c1-13-18(19(27)25-11-15-5-3-4-6-17(15)21(22,23)24)30-20(28)26(13)12-14-7-9-16(29-2)10-8-14/h3-10H,11-12H2,1-2H3,(H,25,27). The highest BCUT2D eigenvalue weighted by molar-refractivity contribution is 7.98. The van der Waals surface area contributed by atoms with Crippen LogP contribution in [-0.4, -0.2) is 16.7 Å². The molecule has 9 heteroatoms. The van der Waals surface area contributed by atoms with Crippen LogP contribution < -0.4 is 10.2 Å². The van der Waals surface area contributed by atoms with Gasteiger partial charge in [-0.25, -0.2) is 0 Å². The van der Waals surface area contributed by atoms with E-state index < -0.39 is 17.6 Å². The number of alkyl halides is 3. The topological polar surface area (TPSA) is 51.1 Å². The van der Waals surface area contributed by atoms with E-state index in [1.54, 1.807) is 18.7 Å². The minimum atomic E-state index is -4.50. The normalized spacial score (nSPS) is 11.5. The van der Waals surface area contributed by atoms with Crippen molar-refractivity contribution in [2.75, 3.05) is 6.26 Å². The van der Waals surface area contributed by atoms with Crippen molar-refractivity contribution in [3.63, 3.8) is 0 Å². The molecule has 2 aromatic carbocycles. The average Bonchev–Trinajstić information content (AvgIpc) is 3.00. The van der Waals surface area contributed by atoms with Crippen LogP contribution in [0.15, 0.2) is 58.2 Å². The van der Waals surface area contributed by atoms with E-state index in [9.17, 15) is 22.8 Å². The Morgan fingerprint density at radius 2 is 1.80 bits per heavy atom. The van der Waals surface area contributed by atoms with Gasteiger partial charge in [0.05, 0.1) is 12.1 Å². The summed E-state index contributed by atoms with van der Waals surface area (Å²) in [5, 5.41) is 2.50. The first kappa shape index (κ1) is 22.2. The lowest BCUT2D eigenvalue weighted by molar-refractivity contribution is -0.138. The molecule has 0 spiro atoms. The highest BCUT2D eigenvalue weighted by atomic mass is 32.2.